The van der Waals surface area contributed by atoms with Crippen LogP contribution in [0.2, 0.25) is 0 Å². The summed E-state index contributed by atoms with van der Waals surface area (Å²) in [6, 6.07) is 10.2. The fourth-order valence-electron chi connectivity index (χ4n) is 3.17. The third-order valence-corrected chi connectivity index (χ3v) is 5.19. The third kappa shape index (κ3) is 2.85. The lowest BCUT2D eigenvalue weighted by atomic mass is 10.0. The van der Waals surface area contributed by atoms with Crippen molar-refractivity contribution in [3.05, 3.63) is 70.2 Å². The standard InChI is InChI=1S/C18H18N4OS/c1-13-20-15(12-24-13)9-18(23)22-11-17-19-7-8-21(17)10-16(22)14-5-3-2-4-6-14/h2-8,12,16H,9-11H2,1H3/t16-/m1/s1. The normalized spacial score (nSPS) is 16.9. The zero-order valence-corrected chi connectivity index (χ0v) is 14.2. The van der Waals surface area contributed by atoms with Crippen molar-refractivity contribution < 1.29 is 4.79 Å². The molecule has 0 saturated carbocycles. The van der Waals surface area contributed by atoms with Gasteiger partial charge in [-0.1, -0.05) is 30.3 Å². The van der Waals surface area contributed by atoms with Crippen molar-refractivity contribution in [1.82, 2.24) is 19.4 Å². The van der Waals surface area contributed by atoms with Gasteiger partial charge in [0.1, 0.15) is 5.82 Å². The molecule has 0 saturated heterocycles. The summed E-state index contributed by atoms with van der Waals surface area (Å²) in [5, 5.41) is 2.96. The molecule has 4 rings (SSSR count). The van der Waals surface area contributed by atoms with Crippen LogP contribution in [0.4, 0.5) is 0 Å². The van der Waals surface area contributed by atoms with E-state index in [0.717, 1.165) is 28.6 Å². The highest BCUT2D eigenvalue weighted by Gasteiger charge is 2.31. The van der Waals surface area contributed by atoms with Gasteiger partial charge >= 0.3 is 0 Å². The number of thiazole rings is 1. The second-order valence-corrected chi connectivity index (χ2v) is 7.04. The van der Waals surface area contributed by atoms with Crippen LogP contribution in [0.25, 0.3) is 0 Å². The van der Waals surface area contributed by atoms with E-state index in [1.165, 1.54) is 0 Å². The van der Waals surface area contributed by atoms with Gasteiger partial charge in [-0.2, -0.15) is 0 Å². The number of carbonyl (C=O) groups excluding carboxylic acids is 1. The number of fused-ring (bicyclic) bond motifs is 1. The average molecular weight is 338 g/mol. The summed E-state index contributed by atoms with van der Waals surface area (Å²) in [4.78, 5) is 23.7. The lowest BCUT2D eigenvalue weighted by Crippen LogP contribution is -2.41. The molecule has 1 amide bonds. The molecule has 5 nitrogen and oxygen atoms in total. The first-order valence-corrected chi connectivity index (χ1v) is 8.84. The number of amides is 1. The van der Waals surface area contributed by atoms with Crippen molar-refractivity contribution in [3.63, 3.8) is 0 Å². The van der Waals surface area contributed by atoms with E-state index >= 15 is 0 Å². The summed E-state index contributed by atoms with van der Waals surface area (Å²) in [6.45, 7) is 3.23. The molecule has 0 spiro atoms. The van der Waals surface area contributed by atoms with Crippen molar-refractivity contribution in [2.75, 3.05) is 0 Å². The van der Waals surface area contributed by atoms with Gasteiger partial charge in [-0.15, -0.1) is 11.3 Å². The highest BCUT2D eigenvalue weighted by molar-refractivity contribution is 7.09. The molecule has 24 heavy (non-hydrogen) atoms. The smallest absolute Gasteiger partial charge is 0.229 e. The summed E-state index contributed by atoms with van der Waals surface area (Å²) in [6.07, 6.45) is 4.13. The number of aromatic nitrogens is 3. The van der Waals surface area contributed by atoms with E-state index < -0.39 is 0 Å². The van der Waals surface area contributed by atoms with Gasteiger partial charge in [0, 0.05) is 24.3 Å². The van der Waals surface area contributed by atoms with Gasteiger partial charge in [-0.05, 0) is 12.5 Å². The molecule has 1 aromatic carbocycles. The zero-order valence-electron chi connectivity index (χ0n) is 13.4. The molecule has 3 heterocycles. The fourth-order valence-corrected chi connectivity index (χ4v) is 3.79. The summed E-state index contributed by atoms with van der Waals surface area (Å²) in [5.41, 5.74) is 2.00. The first-order valence-electron chi connectivity index (χ1n) is 7.96. The van der Waals surface area contributed by atoms with E-state index in [4.69, 9.17) is 0 Å². The number of carbonyl (C=O) groups is 1. The average Bonchev–Trinajstić information content (AvgIpc) is 3.22. The number of benzene rings is 1. The Hall–Kier alpha value is -2.47. The summed E-state index contributed by atoms with van der Waals surface area (Å²) < 4.78 is 2.13. The molecular weight excluding hydrogens is 320 g/mol. The van der Waals surface area contributed by atoms with Crippen LogP contribution >= 0.6 is 11.3 Å². The Morgan fingerprint density at radius 3 is 2.92 bits per heavy atom. The maximum atomic E-state index is 12.9. The van der Waals surface area contributed by atoms with Crippen molar-refractivity contribution in [3.8, 4) is 0 Å². The third-order valence-electron chi connectivity index (χ3n) is 4.36. The second-order valence-electron chi connectivity index (χ2n) is 5.98. The van der Waals surface area contributed by atoms with Crippen molar-refractivity contribution in [2.24, 2.45) is 0 Å². The lowest BCUT2D eigenvalue weighted by molar-refractivity contribution is -0.135. The van der Waals surface area contributed by atoms with Crippen molar-refractivity contribution in [2.45, 2.75) is 32.5 Å². The minimum Gasteiger partial charge on any atom is -0.331 e. The Balaban J connectivity index is 1.64. The van der Waals surface area contributed by atoms with Gasteiger partial charge in [-0.3, -0.25) is 4.79 Å². The second kappa shape index (κ2) is 6.20. The van der Waals surface area contributed by atoms with Gasteiger partial charge in [0.25, 0.3) is 0 Å². The van der Waals surface area contributed by atoms with Crippen LogP contribution in [0.1, 0.15) is 28.1 Å². The molecule has 122 valence electrons. The first kappa shape index (κ1) is 15.1. The molecular formula is C18H18N4OS. The molecule has 1 aliphatic rings. The molecule has 6 heteroatoms. The van der Waals surface area contributed by atoms with E-state index in [-0.39, 0.29) is 11.9 Å². The van der Waals surface area contributed by atoms with Gasteiger partial charge in [0.05, 0.1) is 29.7 Å². The SMILES string of the molecule is Cc1nc(CC(=O)N2Cc3nccn3C[C@@H]2c2ccccc2)cs1. The Bertz CT molecular complexity index is 855. The molecule has 3 aromatic rings. The highest BCUT2D eigenvalue weighted by atomic mass is 32.1. The number of hydrogen-bond donors (Lipinski definition) is 0. The minimum atomic E-state index is 0.0279. The predicted molar refractivity (Wildman–Crippen MR) is 92.5 cm³/mol. The molecule has 0 N–H and O–H groups in total. The van der Waals surface area contributed by atoms with Gasteiger partial charge in [0.2, 0.25) is 5.91 Å². The minimum absolute atomic E-state index is 0.0279. The summed E-state index contributed by atoms with van der Waals surface area (Å²) in [7, 11) is 0. The van der Waals surface area contributed by atoms with E-state index in [0.29, 0.717) is 13.0 Å². The number of rotatable bonds is 3. The lowest BCUT2D eigenvalue weighted by Gasteiger charge is -2.36. The number of hydrogen-bond acceptors (Lipinski definition) is 4. The van der Waals surface area contributed by atoms with E-state index in [1.54, 1.807) is 17.5 Å². The largest absolute Gasteiger partial charge is 0.331 e. The fraction of sp³-hybridized carbons (Fsp3) is 0.278. The quantitative estimate of drug-likeness (QED) is 0.738. The molecule has 0 radical (unpaired) electrons. The maximum absolute atomic E-state index is 12.9. The molecule has 0 fully saturated rings. The Kier molecular flexibility index (Phi) is 3.90. The van der Waals surface area contributed by atoms with E-state index in [1.807, 2.05) is 41.6 Å². The summed E-state index contributed by atoms with van der Waals surface area (Å²) >= 11 is 1.58. The van der Waals surface area contributed by atoms with Crippen LogP contribution in [0.5, 0.6) is 0 Å². The molecule has 0 unspecified atom stereocenters. The van der Waals surface area contributed by atoms with Crippen LogP contribution in [-0.2, 0) is 24.3 Å². The number of nitrogens with zero attached hydrogens (tertiary/aromatic N) is 4. The van der Waals surface area contributed by atoms with Gasteiger partial charge in [-0.25, -0.2) is 9.97 Å². The Morgan fingerprint density at radius 2 is 2.17 bits per heavy atom. The first-order chi connectivity index (χ1) is 11.7. The summed E-state index contributed by atoms with van der Waals surface area (Å²) in [5.74, 6) is 1.04. The Labute approximate surface area is 144 Å². The van der Waals surface area contributed by atoms with Gasteiger partial charge < -0.3 is 9.47 Å². The molecule has 2 aromatic heterocycles. The number of aryl methyl sites for hydroxylation is 1. The van der Waals surface area contributed by atoms with Crippen LogP contribution in [0, 0.1) is 6.92 Å². The van der Waals surface area contributed by atoms with Crippen molar-refractivity contribution >= 4 is 17.2 Å². The molecule has 0 aliphatic carbocycles. The van der Waals surface area contributed by atoms with Crippen LogP contribution in [0.3, 0.4) is 0 Å². The molecule has 1 atom stereocenters. The van der Waals surface area contributed by atoms with Crippen LogP contribution < -0.4 is 0 Å². The van der Waals surface area contributed by atoms with E-state index in [2.05, 4.69) is 26.7 Å². The van der Waals surface area contributed by atoms with Crippen LogP contribution in [-0.4, -0.2) is 25.3 Å². The molecule has 0 bridgehead atoms. The van der Waals surface area contributed by atoms with Crippen LogP contribution in [0.15, 0.2) is 48.1 Å². The number of imidazole rings is 1. The highest BCUT2D eigenvalue weighted by Crippen LogP contribution is 2.29. The van der Waals surface area contributed by atoms with E-state index in [9.17, 15) is 4.79 Å². The zero-order chi connectivity index (χ0) is 16.5. The Morgan fingerprint density at radius 1 is 1.33 bits per heavy atom. The monoisotopic (exact) mass is 338 g/mol. The topological polar surface area (TPSA) is 51.0 Å². The maximum Gasteiger partial charge on any atom is 0.229 e. The van der Waals surface area contributed by atoms with Gasteiger partial charge in [0.15, 0.2) is 0 Å². The predicted octanol–water partition coefficient (Wildman–Crippen LogP) is 2.97. The van der Waals surface area contributed by atoms with Crippen molar-refractivity contribution in [1.29, 1.82) is 0 Å². The molecule has 1 aliphatic heterocycles.